The first-order valence-corrected chi connectivity index (χ1v) is 8.16. The van der Waals surface area contributed by atoms with Crippen LogP contribution in [0.5, 0.6) is 5.75 Å². The van der Waals surface area contributed by atoms with Crippen molar-refractivity contribution >= 4 is 11.9 Å². The lowest BCUT2D eigenvalue weighted by Gasteiger charge is -2.37. The van der Waals surface area contributed by atoms with E-state index >= 15 is 0 Å². The van der Waals surface area contributed by atoms with E-state index in [9.17, 15) is 24.9 Å². The number of hydrogen-bond donors (Lipinski definition) is 4. The van der Waals surface area contributed by atoms with Crippen LogP contribution in [0.1, 0.15) is 30.1 Å². The molecular formula is C17H23NO7. The summed E-state index contributed by atoms with van der Waals surface area (Å²) in [5.74, 6) is -1.20. The molecule has 1 saturated heterocycles. The molecule has 1 amide bonds. The minimum atomic E-state index is -1.32. The molecule has 1 aliphatic heterocycles. The van der Waals surface area contributed by atoms with E-state index in [4.69, 9.17) is 9.47 Å². The molecule has 1 aromatic rings. The number of nitrogens with one attached hydrogen (secondary N) is 1. The fourth-order valence-electron chi connectivity index (χ4n) is 2.54. The summed E-state index contributed by atoms with van der Waals surface area (Å²) in [6.45, 7) is 1.56. The summed E-state index contributed by atoms with van der Waals surface area (Å²) in [4.78, 5) is 23.5. The third kappa shape index (κ3) is 4.91. The van der Waals surface area contributed by atoms with Gasteiger partial charge in [-0.25, -0.2) is 4.79 Å². The number of para-hydroxylation sites is 1. The Morgan fingerprint density at radius 3 is 2.68 bits per heavy atom. The number of aromatic hydroxyl groups is 1. The fraction of sp³-hybridized carbons (Fsp3) is 0.529. The Hall–Kier alpha value is -2.16. The van der Waals surface area contributed by atoms with Crippen LogP contribution in [-0.4, -0.2) is 64.8 Å². The van der Waals surface area contributed by atoms with Gasteiger partial charge in [0.25, 0.3) is 0 Å². The molecular weight excluding hydrogens is 330 g/mol. The van der Waals surface area contributed by atoms with E-state index in [-0.39, 0.29) is 30.4 Å². The molecule has 1 aromatic carbocycles. The second-order valence-electron chi connectivity index (χ2n) is 5.89. The Labute approximate surface area is 145 Å². The number of phenols is 1. The fourth-order valence-corrected chi connectivity index (χ4v) is 2.54. The molecule has 1 heterocycles. The molecule has 0 unspecified atom stereocenters. The number of benzene rings is 1. The van der Waals surface area contributed by atoms with Gasteiger partial charge in [0.15, 0.2) is 0 Å². The molecule has 25 heavy (non-hydrogen) atoms. The molecule has 8 heteroatoms. The van der Waals surface area contributed by atoms with Crippen molar-refractivity contribution in [3.8, 4) is 5.75 Å². The van der Waals surface area contributed by atoms with Gasteiger partial charge >= 0.3 is 5.97 Å². The zero-order chi connectivity index (χ0) is 18.4. The van der Waals surface area contributed by atoms with E-state index in [0.717, 1.165) is 0 Å². The highest BCUT2D eigenvalue weighted by molar-refractivity contribution is 5.92. The summed E-state index contributed by atoms with van der Waals surface area (Å²) in [6, 6.07) is 5.19. The van der Waals surface area contributed by atoms with Crippen molar-refractivity contribution in [2.24, 2.45) is 0 Å². The molecule has 8 nitrogen and oxygen atoms in total. The molecule has 0 aliphatic carbocycles. The third-order valence-electron chi connectivity index (χ3n) is 3.96. The highest BCUT2D eigenvalue weighted by Crippen LogP contribution is 2.19. The van der Waals surface area contributed by atoms with Gasteiger partial charge in [-0.15, -0.1) is 0 Å². The molecule has 4 N–H and O–H groups in total. The lowest BCUT2D eigenvalue weighted by Crippen LogP contribution is -2.60. The average molecular weight is 353 g/mol. The van der Waals surface area contributed by atoms with E-state index in [1.807, 2.05) is 6.92 Å². The van der Waals surface area contributed by atoms with Gasteiger partial charge in [0.2, 0.25) is 5.91 Å². The predicted octanol–water partition coefficient (Wildman–Crippen LogP) is -0.0455. The number of esters is 1. The minimum Gasteiger partial charge on any atom is -0.507 e. The van der Waals surface area contributed by atoms with Crippen LogP contribution in [-0.2, 0) is 14.3 Å². The van der Waals surface area contributed by atoms with Crippen LogP contribution in [0.3, 0.4) is 0 Å². The van der Waals surface area contributed by atoms with Crippen LogP contribution in [0, 0.1) is 0 Å². The van der Waals surface area contributed by atoms with Crippen molar-refractivity contribution in [1.82, 2.24) is 5.32 Å². The summed E-state index contributed by atoms with van der Waals surface area (Å²) in [6.07, 6.45) is -2.49. The number of ether oxygens (including phenoxy) is 2. The number of aliphatic hydroxyl groups excluding tert-OH is 2. The molecule has 0 saturated carbocycles. The summed E-state index contributed by atoms with van der Waals surface area (Å²) in [5.41, 5.74) is -0.00180. The van der Waals surface area contributed by atoms with Gasteiger partial charge in [0.1, 0.15) is 36.2 Å². The van der Waals surface area contributed by atoms with E-state index in [1.165, 1.54) is 12.1 Å². The van der Waals surface area contributed by atoms with Crippen molar-refractivity contribution in [2.45, 2.75) is 44.1 Å². The van der Waals surface area contributed by atoms with Gasteiger partial charge in [-0.1, -0.05) is 19.1 Å². The standard InChI is InChI=1S/C17H23NO7/c1-2-5-14(20)18-11-8-24-13(16(22)15(11)21)9-25-17(23)10-6-3-4-7-12(10)19/h3-4,6-7,11,13,15-16,19,21-22H,2,5,8-9H2,1H3,(H,18,20)/t11-,13+,15+,16+/m0/s1. The number of carbonyl (C=O) groups excluding carboxylic acids is 2. The van der Waals surface area contributed by atoms with E-state index in [0.29, 0.717) is 12.8 Å². The average Bonchev–Trinajstić information content (AvgIpc) is 2.59. The first kappa shape index (κ1) is 19.2. The normalized spacial score (nSPS) is 26.0. The number of rotatable bonds is 6. The largest absolute Gasteiger partial charge is 0.507 e. The van der Waals surface area contributed by atoms with Gasteiger partial charge in [-0.3, -0.25) is 4.79 Å². The summed E-state index contributed by atoms with van der Waals surface area (Å²) in [7, 11) is 0. The van der Waals surface area contributed by atoms with Crippen LogP contribution in [0.4, 0.5) is 0 Å². The Balaban J connectivity index is 1.87. The quantitative estimate of drug-likeness (QED) is 0.529. The number of aliphatic hydroxyl groups is 2. The zero-order valence-corrected chi connectivity index (χ0v) is 13.9. The van der Waals surface area contributed by atoms with Gasteiger partial charge in [-0.05, 0) is 18.6 Å². The van der Waals surface area contributed by atoms with Gasteiger partial charge in [0, 0.05) is 6.42 Å². The molecule has 0 aromatic heterocycles. The van der Waals surface area contributed by atoms with Gasteiger partial charge in [-0.2, -0.15) is 0 Å². The van der Waals surface area contributed by atoms with Gasteiger partial charge in [0.05, 0.1) is 12.6 Å². The van der Waals surface area contributed by atoms with Crippen LogP contribution < -0.4 is 5.32 Å². The summed E-state index contributed by atoms with van der Waals surface area (Å²) >= 11 is 0. The lowest BCUT2D eigenvalue weighted by atomic mass is 9.98. The van der Waals surface area contributed by atoms with Crippen LogP contribution in [0.25, 0.3) is 0 Å². The highest BCUT2D eigenvalue weighted by atomic mass is 16.6. The Kier molecular flexibility index (Phi) is 6.74. The molecule has 1 aliphatic rings. The van der Waals surface area contributed by atoms with Crippen LogP contribution in [0.15, 0.2) is 24.3 Å². The predicted molar refractivity (Wildman–Crippen MR) is 87.0 cm³/mol. The molecule has 2 rings (SSSR count). The maximum absolute atomic E-state index is 11.9. The van der Waals surface area contributed by atoms with Crippen molar-refractivity contribution in [2.75, 3.05) is 13.2 Å². The monoisotopic (exact) mass is 353 g/mol. The van der Waals surface area contributed by atoms with Crippen LogP contribution >= 0.6 is 0 Å². The third-order valence-corrected chi connectivity index (χ3v) is 3.96. The first-order chi connectivity index (χ1) is 11.9. The van der Waals surface area contributed by atoms with Crippen molar-refractivity contribution in [3.05, 3.63) is 29.8 Å². The maximum Gasteiger partial charge on any atom is 0.342 e. The molecule has 1 fully saturated rings. The van der Waals surface area contributed by atoms with Crippen molar-refractivity contribution in [1.29, 1.82) is 0 Å². The SMILES string of the molecule is CCCC(=O)N[C@H]1CO[C@H](COC(=O)c2ccccc2O)[C@@H](O)[C@@H]1O. The van der Waals surface area contributed by atoms with Crippen LogP contribution in [0.2, 0.25) is 0 Å². The molecule has 4 atom stereocenters. The summed E-state index contributed by atoms with van der Waals surface area (Å²) < 4.78 is 10.4. The number of phenolic OH excluding ortho intramolecular Hbond substituents is 1. The summed E-state index contributed by atoms with van der Waals surface area (Å²) in [5, 5.41) is 32.5. The van der Waals surface area contributed by atoms with Crippen molar-refractivity contribution < 1.29 is 34.4 Å². The van der Waals surface area contributed by atoms with E-state index < -0.39 is 30.3 Å². The Morgan fingerprint density at radius 1 is 1.28 bits per heavy atom. The van der Waals surface area contributed by atoms with Crippen molar-refractivity contribution in [3.63, 3.8) is 0 Å². The Morgan fingerprint density at radius 2 is 2.00 bits per heavy atom. The maximum atomic E-state index is 11.9. The number of carbonyl (C=O) groups is 2. The molecule has 0 bridgehead atoms. The molecule has 0 radical (unpaired) electrons. The first-order valence-electron chi connectivity index (χ1n) is 8.16. The minimum absolute atomic E-state index is 0.00180. The van der Waals surface area contributed by atoms with Gasteiger partial charge < -0.3 is 30.1 Å². The molecule has 138 valence electrons. The Bertz CT molecular complexity index is 606. The number of amides is 1. The molecule has 0 spiro atoms. The topological polar surface area (TPSA) is 125 Å². The van der Waals surface area contributed by atoms with E-state index in [1.54, 1.807) is 12.1 Å². The number of hydrogen-bond acceptors (Lipinski definition) is 7. The second-order valence-corrected chi connectivity index (χ2v) is 5.89. The second kappa shape index (κ2) is 8.80. The highest BCUT2D eigenvalue weighted by Gasteiger charge is 2.39. The lowest BCUT2D eigenvalue weighted by molar-refractivity contribution is -0.165. The zero-order valence-electron chi connectivity index (χ0n) is 13.9. The smallest absolute Gasteiger partial charge is 0.342 e. The van der Waals surface area contributed by atoms with E-state index in [2.05, 4.69) is 5.32 Å².